The van der Waals surface area contributed by atoms with Crippen molar-refractivity contribution in [2.24, 2.45) is 5.92 Å². The number of hydrogen-bond acceptors (Lipinski definition) is 3. The molecule has 1 fully saturated rings. The summed E-state index contributed by atoms with van der Waals surface area (Å²) in [4.78, 5) is 0. The van der Waals surface area contributed by atoms with Crippen molar-refractivity contribution in [3.05, 3.63) is 0 Å². The minimum absolute atomic E-state index is 0.0594. The lowest BCUT2D eigenvalue weighted by atomic mass is 9.97. The van der Waals surface area contributed by atoms with E-state index in [2.05, 4.69) is 13.8 Å². The van der Waals surface area contributed by atoms with Gasteiger partial charge in [-0.25, -0.2) is 0 Å². The number of ether oxygens (including phenoxy) is 2. The van der Waals surface area contributed by atoms with Crippen LogP contribution in [0.15, 0.2) is 0 Å². The first-order chi connectivity index (χ1) is 5.74. The Morgan fingerprint density at radius 3 is 2.58 bits per heavy atom. The molecule has 0 saturated carbocycles. The molecule has 1 aliphatic heterocycles. The highest BCUT2D eigenvalue weighted by Gasteiger charge is 2.44. The largest absolute Gasteiger partial charge is 0.394 e. The lowest BCUT2D eigenvalue weighted by Gasteiger charge is -2.19. The molecule has 72 valence electrons. The first-order valence-corrected chi connectivity index (χ1v) is 4.53. The normalized spacial score (nSPS) is 33.0. The second-order valence-corrected chi connectivity index (χ2v) is 3.36. The monoisotopic (exact) mass is 174 g/mol. The number of methoxy groups -OCH3 is 1. The Labute approximate surface area is 73.7 Å². The van der Waals surface area contributed by atoms with Crippen molar-refractivity contribution in [3.63, 3.8) is 0 Å². The van der Waals surface area contributed by atoms with Gasteiger partial charge in [0, 0.05) is 13.0 Å². The van der Waals surface area contributed by atoms with Crippen molar-refractivity contribution in [1.82, 2.24) is 0 Å². The number of aliphatic hydroxyl groups is 1. The summed E-state index contributed by atoms with van der Waals surface area (Å²) in [5, 5.41) is 8.79. The molecule has 0 amide bonds. The minimum atomic E-state index is 0.0594. The van der Waals surface area contributed by atoms with Gasteiger partial charge < -0.3 is 14.6 Å². The van der Waals surface area contributed by atoms with E-state index in [9.17, 15) is 0 Å². The third-order valence-corrected chi connectivity index (χ3v) is 2.61. The molecule has 4 unspecified atom stereocenters. The third-order valence-electron chi connectivity index (χ3n) is 2.61. The number of hydrogen-bond donors (Lipinski definition) is 1. The minimum Gasteiger partial charge on any atom is -0.394 e. The molecule has 0 aromatic carbocycles. The van der Waals surface area contributed by atoms with Crippen LogP contribution in [-0.2, 0) is 9.47 Å². The molecule has 0 aromatic heterocycles. The van der Waals surface area contributed by atoms with Gasteiger partial charge in [0.1, 0.15) is 6.10 Å². The highest BCUT2D eigenvalue weighted by molar-refractivity contribution is 4.91. The van der Waals surface area contributed by atoms with Gasteiger partial charge >= 0.3 is 0 Å². The zero-order valence-corrected chi connectivity index (χ0v) is 7.99. The standard InChI is InChI=1S/C9H18O3/c1-4-7(11-3)6(2)9-8(5-10)12-9/h6-10H,4-5H2,1-3H3. The lowest BCUT2D eigenvalue weighted by Crippen LogP contribution is -2.25. The van der Waals surface area contributed by atoms with E-state index in [1.165, 1.54) is 0 Å². The predicted molar refractivity (Wildman–Crippen MR) is 46.0 cm³/mol. The van der Waals surface area contributed by atoms with Gasteiger partial charge in [-0.2, -0.15) is 0 Å². The van der Waals surface area contributed by atoms with Gasteiger partial charge in [-0.1, -0.05) is 13.8 Å². The van der Waals surface area contributed by atoms with Crippen LogP contribution in [0.3, 0.4) is 0 Å². The Morgan fingerprint density at radius 1 is 1.58 bits per heavy atom. The fraction of sp³-hybridized carbons (Fsp3) is 1.00. The quantitative estimate of drug-likeness (QED) is 0.627. The summed E-state index contributed by atoms with van der Waals surface area (Å²) in [5.41, 5.74) is 0. The van der Waals surface area contributed by atoms with Crippen LogP contribution in [0.4, 0.5) is 0 Å². The van der Waals surface area contributed by atoms with Gasteiger partial charge in [0.2, 0.25) is 0 Å². The van der Waals surface area contributed by atoms with E-state index in [1.807, 2.05) is 0 Å². The van der Waals surface area contributed by atoms with Gasteiger partial charge in [-0.05, 0) is 6.42 Å². The average Bonchev–Trinajstić information content (AvgIpc) is 2.85. The van der Waals surface area contributed by atoms with Gasteiger partial charge in [0.15, 0.2) is 0 Å². The zero-order chi connectivity index (χ0) is 9.14. The Bertz CT molecular complexity index is 134. The zero-order valence-electron chi connectivity index (χ0n) is 7.99. The summed E-state index contributed by atoms with van der Waals surface area (Å²) >= 11 is 0. The molecule has 4 atom stereocenters. The van der Waals surface area contributed by atoms with E-state index in [-0.39, 0.29) is 24.9 Å². The van der Waals surface area contributed by atoms with Crippen LogP contribution in [0.25, 0.3) is 0 Å². The molecule has 12 heavy (non-hydrogen) atoms. The van der Waals surface area contributed by atoms with Crippen LogP contribution >= 0.6 is 0 Å². The average molecular weight is 174 g/mol. The first-order valence-electron chi connectivity index (χ1n) is 4.53. The second-order valence-electron chi connectivity index (χ2n) is 3.36. The summed E-state index contributed by atoms with van der Waals surface area (Å²) in [6.45, 7) is 4.34. The maximum atomic E-state index is 8.79. The predicted octanol–water partition coefficient (Wildman–Crippen LogP) is 0.807. The molecule has 3 heteroatoms. The fourth-order valence-corrected chi connectivity index (χ4v) is 1.73. The Kier molecular flexibility index (Phi) is 3.50. The van der Waals surface area contributed by atoms with E-state index in [4.69, 9.17) is 14.6 Å². The maximum Gasteiger partial charge on any atom is 0.108 e. The Hall–Kier alpha value is -0.120. The molecule has 1 aliphatic rings. The Balaban J connectivity index is 2.32. The highest BCUT2D eigenvalue weighted by atomic mass is 16.6. The molecule has 0 radical (unpaired) electrons. The van der Waals surface area contributed by atoms with Crippen LogP contribution in [-0.4, -0.2) is 37.1 Å². The summed E-state index contributed by atoms with van der Waals surface area (Å²) in [6, 6.07) is 0. The molecule has 0 aliphatic carbocycles. The number of rotatable bonds is 5. The van der Waals surface area contributed by atoms with Crippen LogP contribution < -0.4 is 0 Å². The molecule has 0 bridgehead atoms. The summed E-state index contributed by atoms with van der Waals surface area (Å²) < 4.78 is 10.6. The third kappa shape index (κ3) is 1.97. The summed E-state index contributed by atoms with van der Waals surface area (Å²) in [6.07, 6.45) is 1.52. The number of epoxide rings is 1. The first kappa shape index (κ1) is 9.96. The van der Waals surface area contributed by atoms with Crippen molar-refractivity contribution in [3.8, 4) is 0 Å². The van der Waals surface area contributed by atoms with E-state index in [0.717, 1.165) is 6.42 Å². The summed E-state index contributed by atoms with van der Waals surface area (Å²) in [7, 11) is 1.72. The van der Waals surface area contributed by atoms with Gasteiger partial charge in [0.25, 0.3) is 0 Å². The highest BCUT2D eigenvalue weighted by Crippen LogP contribution is 2.32. The van der Waals surface area contributed by atoms with Crippen molar-refractivity contribution in [1.29, 1.82) is 0 Å². The SMILES string of the molecule is CCC(OC)C(C)C1OC1CO. The van der Waals surface area contributed by atoms with Crippen molar-refractivity contribution < 1.29 is 14.6 Å². The molecule has 0 aromatic rings. The summed E-state index contributed by atoms with van der Waals surface area (Å²) in [5.74, 6) is 0.386. The van der Waals surface area contributed by atoms with Crippen LogP contribution in [0.5, 0.6) is 0 Å². The molecular weight excluding hydrogens is 156 g/mol. The van der Waals surface area contributed by atoms with Crippen LogP contribution in [0.2, 0.25) is 0 Å². The topological polar surface area (TPSA) is 42.0 Å². The molecule has 1 heterocycles. The Morgan fingerprint density at radius 2 is 2.25 bits per heavy atom. The molecule has 3 nitrogen and oxygen atoms in total. The molecular formula is C9H18O3. The van der Waals surface area contributed by atoms with Crippen molar-refractivity contribution >= 4 is 0 Å². The molecule has 1 N–H and O–H groups in total. The van der Waals surface area contributed by atoms with Crippen LogP contribution in [0, 0.1) is 5.92 Å². The van der Waals surface area contributed by atoms with Crippen molar-refractivity contribution in [2.75, 3.05) is 13.7 Å². The maximum absolute atomic E-state index is 8.79. The van der Waals surface area contributed by atoms with Gasteiger partial charge in [0.05, 0.1) is 18.8 Å². The molecule has 0 spiro atoms. The van der Waals surface area contributed by atoms with E-state index >= 15 is 0 Å². The van der Waals surface area contributed by atoms with Crippen molar-refractivity contribution in [2.45, 2.75) is 38.6 Å². The second kappa shape index (κ2) is 4.21. The van der Waals surface area contributed by atoms with Crippen LogP contribution in [0.1, 0.15) is 20.3 Å². The lowest BCUT2D eigenvalue weighted by molar-refractivity contribution is 0.0446. The van der Waals surface area contributed by atoms with E-state index in [1.54, 1.807) is 7.11 Å². The van der Waals surface area contributed by atoms with Gasteiger partial charge in [-0.3, -0.25) is 0 Å². The fourth-order valence-electron chi connectivity index (χ4n) is 1.73. The molecule has 1 saturated heterocycles. The van der Waals surface area contributed by atoms with E-state index < -0.39 is 0 Å². The smallest absolute Gasteiger partial charge is 0.108 e. The van der Waals surface area contributed by atoms with E-state index in [0.29, 0.717) is 5.92 Å². The number of aliphatic hydroxyl groups excluding tert-OH is 1. The molecule has 1 rings (SSSR count). The van der Waals surface area contributed by atoms with Gasteiger partial charge in [-0.15, -0.1) is 0 Å².